The monoisotopic (exact) mass is 191 g/mol. The lowest BCUT2D eigenvalue weighted by Gasteiger charge is -2.18. The summed E-state index contributed by atoms with van der Waals surface area (Å²) in [7, 11) is 1.64. The van der Waals surface area contributed by atoms with E-state index in [0.717, 1.165) is 30.6 Å². The number of rotatable bonds is 1. The first-order chi connectivity index (χ1) is 6.83. The summed E-state index contributed by atoms with van der Waals surface area (Å²) < 4.78 is 0. The molecule has 1 aliphatic heterocycles. The molecule has 0 saturated carbocycles. The average Bonchev–Trinajstić information content (AvgIpc) is 2.27. The third kappa shape index (κ3) is 1.48. The summed E-state index contributed by atoms with van der Waals surface area (Å²) in [5.74, 6) is -0.0451. The largest absolute Gasteiger partial charge is 0.355 e. The molecule has 2 heterocycles. The predicted octanol–water partition coefficient (Wildman–Crippen LogP) is 0.0869. The SMILES string of the molecule is CNC(=O)c1cncc2c1CCNC2. The number of carbonyl (C=O) groups is 1. The van der Waals surface area contributed by atoms with Crippen LogP contribution < -0.4 is 10.6 Å². The Kier molecular flexibility index (Phi) is 2.45. The Morgan fingerprint density at radius 1 is 1.57 bits per heavy atom. The molecule has 1 aromatic rings. The van der Waals surface area contributed by atoms with Crippen molar-refractivity contribution in [2.75, 3.05) is 13.6 Å². The summed E-state index contributed by atoms with van der Waals surface area (Å²) in [6.45, 7) is 1.74. The van der Waals surface area contributed by atoms with Crippen molar-refractivity contribution in [2.45, 2.75) is 13.0 Å². The highest BCUT2D eigenvalue weighted by Gasteiger charge is 2.16. The summed E-state index contributed by atoms with van der Waals surface area (Å²) >= 11 is 0. The number of hydrogen-bond donors (Lipinski definition) is 2. The number of pyridine rings is 1. The molecule has 2 N–H and O–H groups in total. The molecule has 0 atom stereocenters. The van der Waals surface area contributed by atoms with Crippen molar-refractivity contribution in [2.24, 2.45) is 0 Å². The van der Waals surface area contributed by atoms with E-state index in [1.807, 2.05) is 6.20 Å². The molecule has 0 bridgehead atoms. The fraction of sp³-hybridized carbons (Fsp3) is 0.400. The third-order valence-electron chi connectivity index (χ3n) is 2.49. The van der Waals surface area contributed by atoms with Gasteiger partial charge < -0.3 is 10.6 Å². The summed E-state index contributed by atoms with van der Waals surface area (Å²) in [6.07, 6.45) is 4.37. The molecule has 0 aliphatic carbocycles. The van der Waals surface area contributed by atoms with Crippen LogP contribution >= 0.6 is 0 Å². The van der Waals surface area contributed by atoms with Gasteiger partial charge in [-0.05, 0) is 24.1 Å². The Balaban J connectivity index is 2.45. The van der Waals surface area contributed by atoms with Crippen LogP contribution in [-0.2, 0) is 13.0 Å². The van der Waals surface area contributed by atoms with Crippen LogP contribution in [0.4, 0.5) is 0 Å². The van der Waals surface area contributed by atoms with E-state index >= 15 is 0 Å². The highest BCUT2D eigenvalue weighted by Crippen LogP contribution is 2.16. The van der Waals surface area contributed by atoms with Gasteiger partial charge >= 0.3 is 0 Å². The second-order valence-corrected chi connectivity index (χ2v) is 3.33. The van der Waals surface area contributed by atoms with E-state index < -0.39 is 0 Å². The Morgan fingerprint density at radius 3 is 3.21 bits per heavy atom. The van der Waals surface area contributed by atoms with Gasteiger partial charge in [-0.15, -0.1) is 0 Å². The number of carbonyl (C=O) groups excluding carboxylic acids is 1. The molecule has 1 aliphatic rings. The molecule has 0 saturated heterocycles. The van der Waals surface area contributed by atoms with Crippen LogP contribution in [-0.4, -0.2) is 24.5 Å². The summed E-state index contributed by atoms with van der Waals surface area (Å²) in [6, 6.07) is 0. The zero-order valence-corrected chi connectivity index (χ0v) is 8.13. The van der Waals surface area contributed by atoms with Gasteiger partial charge in [0, 0.05) is 26.0 Å². The van der Waals surface area contributed by atoms with Crippen molar-refractivity contribution in [3.63, 3.8) is 0 Å². The van der Waals surface area contributed by atoms with Crippen LogP contribution in [0.5, 0.6) is 0 Å². The molecular formula is C10H13N3O. The van der Waals surface area contributed by atoms with Crippen molar-refractivity contribution in [3.8, 4) is 0 Å². The maximum Gasteiger partial charge on any atom is 0.252 e. The second-order valence-electron chi connectivity index (χ2n) is 3.33. The van der Waals surface area contributed by atoms with Crippen molar-refractivity contribution < 1.29 is 4.79 Å². The number of fused-ring (bicyclic) bond motifs is 1. The third-order valence-corrected chi connectivity index (χ3v) is 2.49. The number of nitrogens with one attached hydrogen (secondary N) is 2. The van der Waals surface area contributed by atoms with E-state index in [-0.39, 0.29) is 5.91 Å². The van der Waals surface area contributed by atoms with E-state index in [0.29, 0.717) is 5.56 Å². The van der Waals surface area contributed by atoms with Gasteiger partial charge in [0.1, 0.15) is 0 Å². The van der Waals surface area contributed by atoms with Crippen LogP contribution in [0.2, 0.25) is 0 Å². The van der Waals surface area contributed by atoms with E-state index in [4.69, 9.17) is 0 Å². The Hall–Kier alpha value is -1.42. The quantitative estimate of drug-likeness (QED) is 0.661. The van der Waals surface area contributed by atoms with E-state index in [9.17, 15) is 4.79 Å². The highest BCUT2D eigenvalue weighted by atomic mass is 16.1. The van der Waals surface area contributed by atoms with Gasteiger partial charge in [0.25, 0.3) is 5.91 Å². The van der Waals surface area contributed by atoms with Gasteiger partial charge in [-0.2, -0.15) is 0 Å². The molecular weight excluding hydrogens is 178 g/mol. The molecule has 1 aromatic heterocycles. The molecule has 0 spiro atoms. The van der Waals surface area contributed by atoms with E-state index in [1.54, 1.807) is 13.2 Å². The fourth-order valence-corrected chi connectivity index (χ4v) is 1.74. The topological polar surface area (TPSA) is 54.0 Å². The summed E-state index contributed by atoms with van der Waals surface area (Å²) in [5, 5.41) is 5.89. The second kappa shape index (κ2) is 3.75. The first kappa shape index (κ1) is 9.15. The number of amides is 1. The van der Waals surface area contributed by atoms with Crippen molar-refractivity contribution in [3.05, 3.63) is 29.1 Å². The van der Waals surface area contributed by atoms with Gasteiger partial charge in [0.05, 0.1) is 5.56 Å². The minimum atomic E-state index is -0.0451. The Bertz CT molecular complexity index is 362. The molecule has 0 fully saturated rings. The molecule has 4 heteroatoms. The minimum absolute atomic E-state index is 0.0451. The molecule has 0 aromatic carbocycles. The molecule has 74 valence electrons. The predicted molar refractivity (Wildman–Crippen MR) is 53.0 cm³/mol. The molecule has 4 nitrogen and oxygen atoms in total. The average molecular weight is 191 g/mol. The van der Waals surface area contributed by atoms with Crippen LogP contribution in [0.3, 0.4) is 0 Å². The van der Waals surface area contributed by atoms with Crippen LogP contribution in [0, 0.1) is 0 Å². The van der Waals surface area contributed by atoms with Crippen molar-refractivity contribution >= 4 is 5.91 Å². The van der Waals surface area contributed by atoms with E-state index in [2.05, 4.69) is 15.6 Å². The summed E-state index contributed by atoms with van der Waals surface area (Å²) in [4.78, 5) is 15.6. The van der Waals surface area contributed by atoms with Gasteiger partial charge in [-0.1, -0.05) is 0 Å². The highest BCUT2D eigenvalue weighted by molar-refractivity contribution is 5.95. The van der Waals surface area contributed by atoms with Gasteiger partial charge in [-0.25, -0.2) is 0 Å². The fourth-order valence-electron chi connectivity index (χ4n) is 1.74. The number of hydrogen-bond acceptors (Lipinski definition) is 3. The Morgan fingerprint density at radius 2 is 2.43 bits per heavy atom. The maximum atomic E-state index is 11.5. The Labute approximate surface area is 82.7 Å². The number of nitrogens with zero attached hydrogens (tertiary/aromatic N) is 1. The molecule has 0 radical (unpaired) electrons. The van der Waals surface area contributed by atoms with Gasteiger partial charge in [0.15, 0.2) is 0 Å². The maximum absolute atomic E-state index is 11.5. The lowest BCUT2D eigenvalue weighted by atomic mass is 9.98. The molecule has 2 rings (SSSR count). The van der Waals surface area contributed by atoms with Gasteiger partial charge in [-0.3, -0.25) is 9.78 Å². The first-order valence-electron chi connectivity index (χ1n) is 4.71. The standard InChI is InChI=1S/C10H13N3O/c1-11-10(14)9-6-13-5-7-4-12-3-2-8(7)9/h5-6,12H,2-4H2,1H3,(H,11,14). The summed E-state index contributed by atoms with van der Waals surface area (Å²) in [5.41, 5.74) is 2.99. The minimum Gasteiger partial charge on any atom is -0.355 e. The van der Waals surface area contributed by atoms with Crippen molar-refractivity contribution in [1.82, 2.24) is 15.6 Å². The van der Waals surface area contributed by atoms with Crippen LogP contribution in [0.25, 0.3) is 0 Å². The zero-order chi connectivity index (χ0) is 9.97. The van der Waals surface area contributed by atoms with Gasteiger partial charge in [0.2, 0.25) is 0 Å². The first-order valence-corrected chi connectivity index (χ1v) is 4.71. The molecule has 0 unspecified atom stereocenters. The lowest BCUT2D eigenvalue weighted by molar-refractivity contribution is 0.0961. The molecule has 14 heavy (non-hydrogen) atoms. The normalized spacial score (nSPS) is 14.6. The lowest BCUT2D eigenvalue weighted by Crippen LogP contribution is -2.28. The van der Waals surface area contributed by atoms with Crippen LogP contribution in [0.15, 0.2) is 12.4 Å². The molecule has 1 amide bonds. The smallest absolute Gasteiger partial charge is 0.252 e. The van der Waals surface area contributed by atoms with E-state index in [1.165, 1.54) is 0 Å². The van der Waals surface area contributed by atoms with Crippen LogP contribution in [0.1, 0.15) is 21.5 Å². The zero-order valence-electron chi connectivity index (χ0n) is 8.13. The van der Waals surface area contributed by atoms with Crippen molar-refractivity contribution in [1.29, 1.82) is 0 Å². The number of aromatic nitrogens is 1.